The second-order valence-corrected chi connectivity index (χ2v) is 7.46. The summed E-state index contributed by atoms with van der Waals surface area (Å²) in [7, 11) is 0. The first-order valence-corrected chi connectivity index (χ1v) is 9.75. The fraction of sp³-hybridized carbons (Fsp3) is 0.333. The molecule has 31 heavy (non-hydrogen) atoms. The van der Waals surface area contributed by atoms with Crippen LogP contribution in [0.2, 0.25) is 0 Å². The van der Waals surface area contributed by atoms with E-state index < -0.39 is 11.7 Å². The summed E-state index contributed by atoms with van der Waals surface area (Å²) in [5, 5.41) is 11.2. The highest BCUT2D eigenvalue weighted by atomic mass is 19.4. The predicted molar refractivity (Wildman–Crippen MR) is 109 cm³/mol. The largest absolute Gasteiger partial charge is 0.417 e. The van der Waals surface area contributed by atoms with Crippen molar-refractivity contribution in [1.82, 2.24) is 25.3 Å². The van der Waals surface area contributed by atoms with Crippen molar-refractivity contribution in [3.05, 3.63) is 65.3 Å². The van der Waals surface area contributed by atoms with Crippen LogP contribution in [-0.4, -0.2) is 51.0 Å². The molecule has 3 heterocycles. The molecule has 0 amide bonds. The third-order valence-corrected chi connectivity index (χ3v) is 5.34. The van der Waals surface area contributed by atoms with Crippen molar-refractivity contribution in [1.29, 1.82) is 0 Å². The summed E-state index contributed by atoms with van der Waals surface area (Å²) in [5.74, 6) is 0.544. The van der Waals surface area contributed by atoms with Crippen molar-refractivity contribution in [3.8, 4) is 11.3 Å². The first-order chi connectivity index (χ1) is 14.8. The molecule has 1 N–H and O–H groups in total. The summed E-state index contributed by atoms with van der Waals surface area (Å²) < 4.78 is 38.3. The minimum Gasteiger partial charge on any atom is -0.351 e. The molecular formula is C21H20F3N7. The fourth-order valence-electron chi connectivity index (χ4n) is 3.74. The highest BCUT2D eigenvalue weighted by Crippen LogP contribution is 2.30. The number of benzene rings is 1. The van der Waals surface area contributed by atoms with Gasteiger partial charge in [-0.15, -0.1) is 0 Å². The molecule has 1 aromatic carbocycles. The molecule has 160 valence electrons. The quantitative estimate of drug-likeness (QED) is 0.634. The monoisotopic (exact) mass is 427 g/mol. The third kappa shape index (κ3) is 4.51. The second-order valence-electron chi connectivity index (χ2n) is 7.46. The number of nitrogens with one attached hydrogen (secondary N) is 1. The lowest BCUT2D eigenvalue weighted by molar-refractivity contribution is -0.137. The van der Waals surface area contributed by atoms with E-state index in [1.807, 2.05) is 24.0 Å². The van der Waals surface area contributed by atoms with Crippen LogP contribution in [0.5, 0.6) is 0 Å². The summed E-state index contributed by atoms with van der Waals surface area (Å²) in [6, 6.07) is 9.78. The maximum Gasteiger partial charge on any atom is 0.417 e. The Hall–Kier alpha value is -3.45. The van der Waals surface area contributed by atoms with Gasteiger partial charge in [0.25, 0.3) is 0 Å². The Kier molecular flexibility index (Phi) is 5.61. The van der Waals surface area contributed by atoms with Crippen LogP contribution in [-0.2, 0) is 12.7 Å². The van der Waals surface area contributed by atoms with E-state index in [4.69, 9.17) is 6.57 Å². The van der Waals surface area contributed by atoms with Crippen LogP contribution in [0, 0.1) is 6.57 Å². The summed E-state index contributed by atoms with van der Waals surface area (Å²) in [5.41, 5.74) is 2.26. The molecular weight excluding hydrogens is 407 g/mol. The van der Waals surface area contributed by atoms with Crippen molar-refractivity contribution in [2.24, 2.45) is 0 Å². The van der Waals surface area contributed by atoms with Gasteiger partial charge in [0.2, 0.25) is 0 Å². The molecule has 10 heteroatoms. The topological polar surface area (TPSA) is 65.3 Å². The van der Waals surface area contributed by atoms with Crippen LogP contribution in [0.4, 0.5) is 24.7 Å². The van der Waals surface area contributed by atoms with Gasteiger partial charge in [-0.1, -0.05) is 24.3 Å². The molecule has 1 aliphatic heterocycles. The average molecular weight is 427 g/mol. The smallest absolute Gasteiger partial charge is 0.351 e. The number of hydrogen-bond acceptors (Lipinski definition) is 5. The Labute approximate surface area is 177 Å². The number of piperazine rings is 1. The molecule has 1 saturated heterocycles. The van der Waals surface area contributed by atoms with E-state index in [2.05, 4.69) is 30.1 Å². The van der Waals surface area contributed by atoms with Gasteiger partial charge in [-0.05, 0) is 19.1 Å². The molecule has 7 nitrogen and oxygen atoms in total. The lowest BCUT2D eigenvalue weighted by Gasteiger charge is -2.40. The molecule has 0 radical (unpaired) electrons. The van der Waals surface area contributed by atoms with E-state index in [9.17, 15) is 13.2 Å². The van der Waals surface area contributed by atoms with Crippen molar-refractivity contribution in [2.45, 2.75) is 25.7 Å². The first kappa shape index (κ1) is 20.8. The zero-order valence-corrected chi connectivity index (χ0v) is 16.8. The molecule has 0 bridgehead atoms. The number of aromatic nitrogens is 4. The van der Waals surface area contributed by atoms with Crippen molar-refractivity contribution < 1.29 is 13.2 Å². The molecule has 0 unspecified atom stereocenters. The van der Waals surface area contributed by atoms with Crippen LogP contribution in [0.25, 0.3) is 16.1 Å². The summed E-state index contributed by atoms with van der Waals surface area (Å²) in [6.07, 6.45) is -3.50. The molecule has 0 spiro atoms. The molecule has 3 aromatic rings. The van der Waals surface area contributed by atoms with E-state index in [0.717, 1.165) is 35.8 Å². The van der Waals surface area contributed by atoms with Crippen LogP contribution in [0.3, 0.4) is 0 Å². The molecule has 1 aliphatic rings. The van der Waals surface area contributed by atoms with Gasteiger partial charge in [-0.3, -0.25) is 4.90 Å². The molecule has 2 aromatic heterocycles. The highest BCUT2D eigenvalue weighted by molar-refractivity contribution is 5.64. The summed E-state index contributed by atoms with van der Waals surface area (Å²) in [6.45, 7) is 11.8. The van der Waals surface area contributed by atoms with Gasteiger partial charge < -0.3 is 4.90 Å². The molecule has 4 rings (SSSR count). The SMILES string of the molecule is [C-]#[N+]c1ccc(-c2n[nH]nc2CN2CCN(c3ccc(C(F)(F)F)cn3)[C@H](C)C2)cc1. The van der Waals surface area contributed by atoms with Crippen LogP contribution in [0.1, 0.15) is 18.2 Å². The molecule has 1 atom stereocenters. The van der Waals surface area contributed by atoms with E-state index in [-0.39, 0.29) is 6.04 Å². The second kappa shape index (κ2) is 8.35. The summed E-state index contributed by atoms with van der Waals surface area (Å²) >= 11 is 0. The number of halogens is 3. The van der Waals surface area contributed by atoms with Gasteiger partial charge in [-0.25, -0.2) is 9.83 Å². The van der Waals surface area contributed by atoms with E-state index in [0.29, 0.717) is 31.1 Å². The van der Waals surface area contributed by atoms with Gasteiger partial charge >= 0.3 is 6.18 Å². The fourth-order valence-corrected chi connectivity index (χ4v) is 3.74. The van der Waals surface area contributed by atoms with Crippen LogP contribution in [0.15, 0.2) is 42.6 Å². The minimum absolute atomic E-state index is 0.0753. The number of H-pyrrole nitrogens is 1. The highest BCUT2D eigenvalue weighted by Gasteiger charge is 2.32. The maximum absolute atomic E-state index is 12.8. The normalized spacial score (nSPS) is 17.5. The van der Waals surface area contributed by atoms with E-state index >= 15 is 0 Å². The number of pyridine rings is 1. The van der Waals surface area contributed by atoms with Crippen molar-refractivity contribution in [3.63, 3.8) is 0 Å². The van der Waals surface area contributed by atoms with Crippen LogP contribution >= 0.6 is 0 Å². The molecule has 0 saturated carbocycles. The first-order valence-electron chi connectivity index (χ1n) is 9.75. The Morgan fingerprint density at radius 2 is 1.90 bits per heavy atom. The lowest BCUT2D eigenvalue weighted by Crippen LogP contribution is -2.52. The Morgan fingerprint density at radius 1 is 1.13 bits per heavy atom. The van der Waals surface area contributed by atoms with E-state index in [1.54, 1.807) is 12.1 Å². The van der Waals surface area contributed by atoms with Crippen molar-refractivity contribution >= 4 is 11.5 Å². The van der Waals surface area contributed by atoms with Gasteiger partial charge in [0.05, 0.1) is 12.1 Å². The number of nitrogens with zero attached hydrogens (tertiary/aromatic N) is 6. The van der Waals surface area contributed by atoms with Gasteiger partial charge in [0.15, 0.2) is 5.69 Å². The number of anilines is 1. The number of rotatable bonds is 4. The third-order valence-electron chi connectivity index (χ3n) is 5.34. The average Bonchev–Trinajstić information content (AvgIpc) is 3.21. The number of hydrogen-bond donors (Lipinski definition) is 1. The van der Waals surface area contributed by atoms with Gasteiger partial charge in [0.1, 0.15) is 17.2 Å². The molecule has 1 fully saturated rings. The minimum atomic E-state index is -4.39. The summed E-state index contributed by atoms with van der Waals surface area (Å²) in [4.78, 5) is 11.7. The lowest BCUT2D eigenvalue weighted by atomic mass is 10.1. The number of aromatic amines is 1. The standard InChI is InChI=1S/C21H20F3N7/c1-14-12-30(9-10-31(14)19-8-5-16(11-26-19)21(22,23)24)13-18-20(28-29-27-18)15-3-6-17(25-2)7-4-15/h3-8,11,14H,9-10,12-13H2,1H3,(H,27,28,29)/t14-/m1/s1. The number of alkyl halides is 3. The zero-order valence-electron chi connectivity index (χ0n) is 16.8. The Balaban J connectivity index is 1.42. The van der Waals surface area contributed by atoms with Crippen molar-refractivity contribution in [2.75, 3.05) is 24.5 Å². The van der Waals surface area contributed by atoms with Gasteiger partial charge in [-0.2, -0.15) is 28.6 Å². The Bertz CT molecular complexity index is 1070. The van der Waals surface area contributed by atoms with E-state index in [1.165, 1.54) is 6.07 Å². The molecule has 0 aliphatic carbocycles. The zero-order chi connectivity index (χ0) is 22.0. The maximum atomic E-state index is 12.8. The Morgan fingerprint density at radius 3 is 2.52 bits per heavy atom. The predicted octanol–water partition coefficient (Wildman–Crippen LogP) is 4.15. The van der Waals surface area contributed by atoms with Crippen LogP contribution < -0.4 is 4.90 Å². The van der Waals surface area contributed by atoms with Gasteiger partial charge in [0, 0.05) is 44.0 Å².